The van der Waals surface area contributed by atoms with Crippen molar-refractivity contribution >= 4 is 5.91 Å². The molecular weight excluding hydrogens is 374 g/mol. The quantitative estimate of drug-likeness (QED) is 0.719. The van der Waals surface area contributed by atoms with E-state index in [9.17, 15) is 14.4 Å². The molecule has 148 valence electrons. The Hall–Kier alpha value is -3.81. The monoisotopic (exact) mass is 393 g/mol. The van der Waals surface area contributed by atoms with E-state index in [4.69, 9.17) is 9.47 Å². The molecule has 2 heterocycles. The van der Waals surface area contributed by atoms with Gasteiger partial charge in [0.1, 0.15) is 11.3 Å². The minimum atomic E-state index is -0.712. The molecule has 4 rings (SSSR count). The summed E-state index contributed by atoms with van der Waals surface area (Å²) in [5.74, 6) is 1.19. The number of methoxy groups -OCH3 is 1. The van der Waals surface area contributed by atoms with E-state index >= 15 is 0 Å². The number of rotatable bonds is 2. The van der Waals surface area contributed by atoms with E-state index in [1.54, 1.807) is 18.1 Å². The van der Waals surface area contributed by atoms with Gasteiger partial charge in [0, 0.05) is 24.4 Å². The molecule has 8 heteroatoms. The van der Waals surface area contributed by atoms with E-state index in [1.807, 2.05) is 36.4 Å². The molecular formula is C21H19N3O5. The number of nitrogens with zero attached hydrogens (tertiary/aromatic N) is 2. The molecule has 0 bridgehead atoms. The zero-order valence-corrected chi connectivity index (χ0v) is 16.0. The molecule has 8 nitrogen and oxygen atoms in total. The molecule has 0 spiro atoms. The molecule has 0 saturated carbocycles. The highest BCUT2D eigenvalue weighted by Crippen LogP contribution is 2.39. The molecule has 1 aliphatic heterocycles. The van der Waals surface area contributed by atoms with Crippen molar-refractivity contribution in [2.24, 2.45) is 7.05 Å². The number of fused-ring (bicyclic) bond motifs is 2. The summed E-state index contributed by atoms with van der Waals surface area (Å²) < 4.78 is 12.7. The van der Waals surface area contributed by atoms with Gasteiger partial charge < -0.3 is 18.9 Å². The molecule has 1 N–H and O–H groups in total. The maximum atomic E-state index is 13.2. The van der Waals surface area contributed by atoms with Crippen molar-refractivity contribution in [3.8, 4) is 17.2 Å². The van der Waals surface area contributed by atoms with Crippen LogP contribution in [-0.4, -0.2) is 27.5 Å². The van der Waals surface area contributed by atoms with Crippen LogP contribution in [0.15, 0.2) is 58.3 Å². The number of benzene rings is 2. The van der Waals surface area contributed by atoms with E-state index in [2.05, 4.69) is 4.98 Å². The fraction of sp³-hybridized carbons (Fsp3) is 0.190. The van der Waals surface area contributed by atoms with E-state index in [0.29, 0.717) is 17.2 Å². The van der Waals surface area contributed by atoms with Crippen LogP contribution in [0.5, 0.6) is 17.2 Å². The highest BCUT2D eigenvalue weighted by molar-refractivity contribution is 5.93. The fourth-order valence-electron chi connectivity index (χ4n) is 3.30. The van der Waals surface area contributed by atoms with Gasteiger partial charge in [-0.25, -0.2) is 4.79 Å². The van der Waals surface area contributed by atoms with Crippen LogP contribution in [0.25, 0.3) is 0 Å². The number of carbonyl (C=O) groups excluding carboxylic acids is 1. The Morgan fingerprint density at radius 2 is 1.79 bits per heavy atom. The van der Waals surface area contributed by atoms with Gasteiger partial charge >= 0.3 is 5.69 Å². The Bertz CT molecular complexity index is 1210. The lowest BCUT2D eigenvalue weighted by atomic mass is 10.1. The SMILES string of the molecule is COc1cccc2c1Oc1ccccc1CN(C(=O)c1cn(C)c(=O)[nH]c1=O)C2. The molecule has 0 atom stereocenters. The normalized spacial score (nSPS) is 12.8. The Morgan fingerprint density at radius 1 is 1.07 bits per heavy atom. The van der Waals surface area contributed by atoms with Crippen LogP contribution in [0.4, 0.5) is 0 Å². The standard InChI is InChI=1S/C21H19N3O5/c1-23-12-15(19(25)22-21(23)27)20(26)24-10-13-6-3-4-8-16(13)29-18-14(11-24)7-5-9-17(18)28-2/h3-9,12H,10-11H2,1-2H3,(H,22,25,27). The summed E-state index contributed by atoms with van der Waals surface area (Å²) in [5, 5.41) is 0. The third kappa shape index (κ3) is 3.40. The Labute approximate surface area is 165 Å². The lowest BCUT2D eigenvalue weighted by molar-refractivity contribution is 0.0721. The summed E-state index contributed by atoms with van der Waals surface area (Å²) in [4.78, 5) is 40.9. The van der Waals surface area contributed by atoms with Crippen molar-refractivity contribution in [3.05, 3.63) is 86.2 Å². The highest BCUT2D eigenvalue weighted by Gasteiger charge is 2.26. The first kappa shape index (κ1) is 18.5. The van der Waals surface area contributed by atoms with Gasteiger partial charge in [-0.1, -0.05) is 30.3 Å². The predicted molar refractivity (Wildman–Crippen MR) is 105 cm³/mol. The van der Waals surface area contributed by atoms with Crippen molar-refractivity contribution in [1.29, 1.82) is 0 Å². The second-order valence-corrected chi connectivity index (χ2v) is 6.73. The van der Waals surface area contributed by atoms with Crippen molar-refractivity contribution in [3.63, 3.8) is 0 Å². The molecule has 0 saturated heterocycles. The maximum absolute atomic E-state index is 13.2. The summed E-state index contributed by atoms with van der Waals surface area (Å²) in [6, 6.07) is 12.8. The van der Waals surface area contributed by atoms with Crippen molar-refractivity contribution in [2.45, 2.75) is 13.1 Å². The van der Waals surface area contributed by atoms with Gasteiger partial charge in [-0.3, -0.25) is 14.6 Å². The minimum absolute atomic E-state index is 0.101. The van der Waals surface area contributed by atoms with Gasteiger partial charge in [-0.05, 0) is 12.1 Å². The number of aromatic nitrogens is 2. The van der Waals surface area contributed by atoms with Crippen molar-refractivity contribution < 1.29 is 14.3 Å². The average Bonchev–Trinajstić information content (AvgIpc) is 2.70. The smallest absolute Gasteiger partial charge is 0.328 e. The maximum Gasteiger partial charge on any atom is 0.328 e. The number of ether oxygens (including phenoxy) is 2. The molecule has 3 aromatic rings. The van der Waals surface area contributed by atoms with Gasteiger partial charge in [0.25, 0.3) is 11.5 Å². The van der Waals surface area contributed by atoms with E-state index < -0.39 is 17.2 Å². The topological polar surface area (TPSA) is 93.6 Å². The van der Waals surface area contributed by atoms with Crippen molar-refractivity contribution in [1.82, 2.24) is 14.5 Å². The summed E-state index contributed by atoms with van der Waals surface area (Å²) in [7, 11) is 3.03. The van der Waals surface area contributed by atoms with Crippen LogP contribution in [0, 0.1) is 0 Å². The number of amides is 1. The first-order valence-corrected chi connectivity index (χ1v) is 8.99. The third-order valence-corrected chi connectivity index (χ3v) is 4.81. The zero-order chi connectivity index (χ0) is 20.5. The lowest BCUT2D eigenvalue weighted by Crippen LogP contribution is -2.38. The molecule has 1 aromatic heterocycles. The second-order valence-electron chi connectivity index (χ2n) is 6.73. The molecule has 0 unspecified atom stereocenters. The number of aromatic amines is 1. The fourth-order valence-corrected chi connectivity index (χ4v) is 3.30. The van der Waals surface area contributed by atoms with Crippen LogP contribution in [-0.2, 0) is 20.1 Å². The zero-order valence-electron chi connectivity index (χ0n) is 16.0. The van der Waals surface area contributed by atoms with E-state index in [1.165, 1.54) is 17.8 Å². The second kappa shape index (κ2) is 7.31. The van der Waals surface area contributed by atoms with Gasteiger partial charge in [0.05, 0.1) is 20.2 Å². The van der Waals surface area contributed by atoms with Gasteiger partial charge in [-0.2, -0.15) is 0 Å². The molecule has 1 aliphatic rings. The van der Waals surface area contributed by atoms with E-state index in [0.717, 1.165) is 11.1 Å². The van der Waals surface area contributed by atoms with Crippen LogP contribution < -0.4 is 20.7 Å². The molecule has 0 fully saturated rings. The van der Waals surface area contributed by atoms with Crippen LogP contribution >= 0.6 is 0 Å². The number of H-pyrrole nitrogens is 1. The number of aryl methyl sites for hydroxylation is 1. The van der Waals surface area contributed by atoms with Gasteiger partial charge in [-0.15, -0.1) is 0 Å². The molecule has 1 amide bonds. The summed E-state index contributed by atoms with van der Waals surface area (Å²) >= 11 is 0. The molecule has 0 aliphatic carbocycles. The lowest BCUT2D eigenvalue weighted by Gasteiger charge is -2.28. The highest BCUT2D eigenvalue weighted by atomic mass is 16.5. The average molecular weight is 393 g/mol. The van der Waals surface area contributed by atoms with Crippen LogP contribution in [0.1, 0.15) is 21.5 Å². The summed E-state index contributed by atoms with van der Waals surface area (Å²) in [6.45, 7) is 0.454. The Balaban J connectivity index is 1.84. The largest absolute Gasteiger partial charge is 0.493 e. The predicted octanol–water partition coefficient (Wildman–Crippen LogP) is 2.03. The summed E-state index contributed by atoms with van der Waals surface area (Å²) in [6.07, 6.45) is 1.26. The van der Waals surface area contributed by atoms with Gasteiger partial charge in [0.2, 0.25) is 0 Å². The summed E-state index contributed by atoms with van der Waals surface area (Å²) in [5.41, 5.74) is 0.145. The number of para-hydroxylation sites is 2. The number of carbonyl (C=O) groups is 1. The number of hydrogen-bond donors (Lipinski definition) is 1. The first-order chi connectivity index (χ1) is 14.0. The molecule has 29 heavy (non-hydrogen) atoms. The van der Waals surface area contributed by atoms with E-state index in [-0.39, 0.29) is 18.7 Å². The number of hydrogen-bond acceptors (Lipinski definition) is 5. The Morgan fingerprint density at radius 3 is 2.59 bits per heavy atom. The number of nitrogens with one attached hydrogen (secondary N) is 1. The third-order valence-electron chi connectivity index (χ3n) is 4.81. The first-order valence-electron chi connectivity index (χ1n) is 8.99. The Kier molecular flexibility index (Phi) is 4.67. The van der Waals surface area contributed by atoms with Crippen LogP contribution in [0.3, 0.4) is 0 Å². The molecule has 2 aromatic carbocycles. The van der Waals surface area contributed by atoms with Crippen molar-refractivity contribution in [2.75, 3.05) is 7.11 Å². The minimum Gasteiger partial charge on any atom is -0.493 e. The van der Waals surface area contributed by atoms with Crippen LogP contribution in [0.2, 0.25) is 0 Å². The van der Waals surface area contributed by atoms with Gasteiger partial charge in [0.15, 0.2) is 11.5 Å². The molecule has 0 radical (unpaired) electrons.